The number of hydrogen-bond donors (Lipinski definition) is 1. The number of aliphatic hydroxyl groups is 1. The SMILES string of the molecule is C[C@@H]1CN([C@@H](C)CO)C(=O)c2cc(C#Cc3ccccc3F)cnc2O[C@H]1CN(C)C(=O)Cc1ccncc1. The molecule has 202 valence electrons. The van der Waals surface area contributed by atoms with Crippen molar-refractivity contribution in [2.24, 2.45) is 5.92 Å². The lowest BCUT2D eigenvalue weighted by Crippen LogP contribution is -2.50. The molecular formula is C30H31FN4O4. The highest BCUT2D eigenvalue weighted by molar-refractivity contribution is 5.97. The van der Waals surface area contributed by atoms with E-state index in [1.807, 2.05) is 6.92 Å². The Hall–Kier alpha value is -4.29. The summed E-state index contributed by atoms with van der Waals surface area (Å²) >= 11 is 0. The van der Waals surface area contributed by atoms with Crippen LogP contribution in [-0.2, 0) is 11.2 Å². The summed E-state index contributed by atoms with van der Waals surface area (Å²) in [7, 11) is 1.72. The topological polar surface area (TPSA) is 95.9 Å². The third-order valence-electron chi connectivity index (χ3n) is 6.72. The maximum absolute atomic E-state index is 14.0. The summed E-state index contributed by atoms with van der Waals surface area (Å²) in [5.41, 5.74) is 1.70. The van der Waals surface area contributed by atoms with E-state index in [2.05, 4.69) is 21.8 Å². The number of carbonyl (C=O) groups excluding carboxylic acids is 2. The zero-order valence-corrected chi connectivity index (χ0v) is 22.2. The molecule has 1 aliphatic rings. The zero-order chi connectivity index (χ0) is 27.9. The lowest BCUT2D eigenvalue weighted by Gasteiger charge is -2.37. The monoisotopic (exact) mass is 530 g/mol. The Balaban J connectivity index is 1.62. The van der Waals surface area contributed by atoms with Crippen molar-refractivity contribution < 1.29 is 23.8 Å². The maximum Gasteiger partial charge on any atom is 0.259 e. The Kier molecular flexibility index (Phi) is 8.89. The van der Waals surface area contributed by atoms with Crippen LogP contribution in [0.4, 0.5) is 4.39 Å². The first-order valence-electron chi connectivity index (χ1n) is 12.7. The lowest BCUT2D eigenvalue weighted by molar-refractivity contribution is -0.130. The summed E-state index contributed by atoms with van der Waals surface area (Å²) in [4.78, 5) is 38.1. The summed E-state index contributed by atoms with van der Waals surface area (Å²) in [6.45, 7) is 4.07. The van der Waals surface area contributed by atoms with E-state index >= 15 is 0 Å². The number of benzene rings is 1. The molecule has 0 spiro atoms. The van der Waals surface area contributed by atoms with Crippen molar-refractivity contribution in [2.45, 2.75) is 32.4 Å². The van der Waals surface area contributed by atoms with E-state index in [1.165, 1.54) is 12.3 Å². The third kappa shape index (κ3) is 6.78. The molecule has 2 aromatic heterocycles. The minimum absolute atomic E-state index is 0.0809. The van der Waals surface area contributed by atoms with E-state index in [9.17, 15) is 19.1 Å². The molecule has 0 saturated heterocycles. The fourth-order valence-corrected chi connectivity index (χ4v) is 4.27. The molecule has 1 N–H and O–H groups in total. The molecule has 3 aromatic rings. The number of hydrogen-bond acceptors (Lipinski definition) is 6. The molecule has 0 aliphatic carbocycles. The number of aromatic nitrogens is 2. The number of aliphatic hydroxyl groups excluding tert-OH is 1. The van der Waals surface area contributed by atoms with Crippen molar-refractivity contribution in [1.82, 2.24) is 19.8 Å². The second kappa shape index (κ2) is 12.5. The molecule has 1 aromatic carbocycles. The average Bonchev–Trinajstić information content (AvgIpc) is 2.94. The van der Waals surface area contributed by atoms with Crippen molar-refractivity contribution in [3.63, 3.8) is 0 Å². The van der Waals surface area contributed by atoms with Gasteiger partial charge in [-0.25, -0.2) is 9.37 Å². The van der Waals surface area contributed by atoms with Gasteiger partial charge in [0, 0.05) is 43.7 Å². The van der Waals surface area contributed by atoms with Gasteiger partial charge in [-0.15, -0.1) is 0 Å². The van der Waals surface area contributed by atoms with Crippen LogP contribution in [0, 0.1) is 23.6 Å². The number of rotatable bonds is 6. The van der Waals surface area contributed by atoms with E-state index in [4.69, 9.17) is 4.74 Å². The zero-order valence-electron chi connectivity index (χ0n) is 22.2. The van der Waals surface area contributed by atoms with Gasteiger partial charge in [-0.2, -0.15) is 0 Å². The number of likely N-dealkylation sites (N-methyl/N-ethyl adjacent to an activating group) is 1. The minimum Gasteiger partial charge on any atom is -0.472 e. The molecule has 2 amide bonds. The first-order chi connectivity index (χ1) is 18.8. The highest BCUT2D eigenvalue weighted by Crippen LogP contribution is 2.27. The van der Waals surface area contributed by atoms with Crippen LogP contribution < -0.4 is 4.74 Å². The molecule has 0 radical (unpaired) electrons. The second-order valence-electron chi connectivity index (χ2n) is 9.74. The molecule has 3 atom stereocenters. The Morgan fingerprint density at radius 1 is 1.26 bits per heavy atom. The molecule has 0 unspecified atom stereocenters. The van der Waals surface area contributed by atoms with Gasteiger partial charge in [0.25, 0.3) is 5.91 Å². The number of halogens is 1. The van der Waals surface area contributed by atoms with Gasteiger partial charge in [-0.1, -0.05) is 30.9 Å². The molecule has 0 bridgehead atoms. The summed E-state index contributed by atoms with van der Waals surface area (Å²) in [6, 6.07) is 10.9. The van der Waals surface area contributed by atoms with Crippen LogP contribution >= 0.6 is 0 Å². The minimum atomic E-state index is -0.473. The number of fused-ring (bicyclic) bond motifs is 1. The van der Waals surface area contributed by atoms with Crippen molar-refractivity contribution >= 4 is 11.8 Å². The summed E-state index contributed by atoms with van der Waals surface area (Å²) in [5.74, 6) is 4.74. The highest BCUT2D eigenvalue weighted by atomic mass is 19.1. The van der Waals surface area contributed by atoms with Crippen LogP contribution in [-0.4, -0.2) is 75.6 Å². The molecule has 1 aliphatic heterocycles. The van der Waals surface area contributed by atoms with Crippen molar-refractivity contribution in [2.75, 3.05) is 26.7 Å². The number of pyridine rings is 2. The van der Waals surface area contributed by atoms with Gasteiger partial charge in [-0.05, 0) is 42.8 Å². The fourth-order valence-electron chi connectivity index (χ4n) is 4.27. The van der Waals surface area contributed by atoms with Gasteiger partial charge >= 0.3 is 0 Å². The molecule has 0 saturated carbocycles. The van der Waals surface area contributed by atoms with Crippen molar-refractivity contribution in [1.29, 1.82) is 0 Å². The van der Waals surface area contributed by atoms with Crippen LogP contribution in [0.1, 0.15) is 40.9 Å². The van der Waals surface area contributed by atoms with Crippen molar-refractivity contribution in [3.8, 4) is 17.7 Å². The van der Waals surface area contributed by atoms with Gasteiger partial charge in [0.05, 0.1) is 31.2 Å². The molecule has 4 rings (SSSR count). The Bertz CT molecular complexity index is 1390. The third-order valence-corrected chi connectivity index (χ3v) is 6.72. The Morgan fingerprint density at radius 3 is 2.72 bits per heavy atom. The van der Waals surface area contributed by atoms with E-state index in [0.717, 1.165) is 5.56 Å². The van der Waals surface area contributed by atoms with Gasteiger partial charge in [0.1, 0.15) is 17.5 Å². The van der Waals surface area contributed by atoms with Crippen LogP contribution in [0.15, 0.2) is 61.1 Å². The van der Waals surface area contributed by atoms with Gasteiger partial charge in [-0.3, -0.25) is 14.6 Å². The summed E-state index contributed by atoms with van der Waals surface area (Å²) < 4.78 is 20.3. The lowest BCUT2D eigenvalue weighted by atomic mass is 9.99. The summed E-state index contributed by atoms with van der Waals surface area (Å²) in [5, 5.41) is 9.86. The highest BCUT2D eigenvalue weighted by Gasteiger charge is 2.34. The predicted octanol–water partition coefficient (Wildman–Crippen LogP) is 2.94. The maximum atomic E-state index is 14.0. The van der Waals surface area contributed by atoms with Crippen LogP contribution in [0.5, 0.6) is 5.88 Å². The van der Waals surface area contributed by atoms with Crippen LogP contribution in [0.2, 0.25) is 0 Å². The Morgan fingerprint density at radius 2 is 2.00 bits per heavy atom. The van der Waals surface area contributed by atoms with Crippen LogP contribution in [0.3, 0.4) is 0 Å². The molecule has 39 heavy (non-hydrogen) atoms. The molecule has 0 fully saturated rings. The van der Waals surface area contributed by atoms with E-state index in [0.29, 0.717) is 12.1 Å². The van der Waals surface area contributed by atoms with Gasteiger partial charge < -0.3 is 19.6 Å². The second-order valence-corrected chi connectivity index (χ2v) is 9.74. The first kappa shape index (κ1) is 27.7. The van der Waals surface area contributed by atoms with Crippen LogP contribution in [0.25, 0.3) is 0 Å². The largest absolute Gasteiger partial charge is 0.472 e. The molecule has 8 nitrogen and oxygen atoms in total. The number of nitrogens with zero attached hydrogens (tertiary/aromatic N) is 4. The smallest absolute Gasteiger partial charge is 0.259 e. The fraction of sp³-hybridized carbons (Fsp3) is 0.333. The molecule has 9 heteroatoms. The van der Waals surface area contributed by atoms with E-state index in [1.54, 1.807) is 72.6 Å². The van der Waals surface area contributed by atoms with E-state index in [-0.39, 0.29) is 54.3 Å². The predicted molar refractivity (Wildman–Crippen MR) is 143 cm³/mol. The normalized spacial score (nSPS) is 17.6. The first-order valence-corrected chi connectivity index (χ1v) is 12.7. The number of amides is 2. The molecule has 3 heterocycles. The standard InChI is InChI=1S/C30H31FN4O4/c1-20-17-35(21(2)19-36)30(38)25-14-23(8-9-24-6-4-5-7-26(24)31)16-33-29(25)39-27(20)18-34(3)28(37)15-22-10-12-32-13-11-22/h4-7,10-14,16,20-21,27,36H,15,17-19H2,1-3H3/t20-,21+,27+/m1/s1. The molecular weight excluding hydrogens is 499 g/mol. The van der Waals surface area contributed by atoms with E-state index < -0.39 is 18.0 Å². The Labute approximate surface area is 227 Å². The quantitative estimate of drug-likeness (QED) is 0.493. The number of ether oxygens (including phenoxy) is 1. The van der Waals surface area contributed by atoms with Gasteiger partial charge in [0.15, 0.2) is 0 Å². The van der Waals surface area contributed by atoms with Gasteiger partial charge in [0.2, 0.25) is 11.8 Å². The van der Waals surface area contributed by atoms with Crippen molar-refractivity contribution in [3.05, 3.63) is 89.1 Å². The summed E-state index contributed by atoms with van der Waals surface area (Å²) in [6.07, 6.45) is 4.52. The average molecular weight is 531 g/mol. The number of carbonyl (C=O) groups is 2.